The van der Waals surface area contributed by atoms with Crippen LogP contribution in [0.3, 0.4) is 0 Å². The van der Waals surface area contributed by atoms with Crippen molar-refractivity contribution < 1.29 is 19.1 Å². The van der Waals surface area contributed by atoms with Crippen LogP contribution in [0.4, 0.5) is 0 Å². The minimum atomic E-state index is -1.14. The summed E-state index contributed by atoms with van der Waals surface area (Å²) in [5, 5.41) is 0. The predicted octanol–water partition coefficient (Wildman–Crippen LogP) is 5.14. The monoisotopic (exact) mass is 342 g/mol. The van der Waals surface area contributed by atoms with E-state index >= 15 is 0 Å². The zero-order chi connectivity index (χ0) is 18.6. The summed E-state index contributed by atoms with van der Waals surface area (Å²) >= 11 is 0. The van der Waals surface area contributed by atoms with Crippen molar-refractivity contribution in [2.24, 2.45) is 17.3 Å². The van der Waals surface area contributed by atoms with Crippen molar-refractivity contribution in [2.75, 3.05) is 13.2 Å². The van der Waals surface area contributed by atoms with Crippen LogP contribution in [-0.2, 0) is 19.1 Å². The van der Waals surface area contributed by atoms with Gasteiger partial charge >= 0.3 is 11.9 Å². The highest BCUT2D eigenvalue weighted by atomic mass is 16.6. The Morgan fingerprint density at radius 2 is 1.33 bits per heavy atom. The Hall–Kier alpha value is -1.06. The fraction of sp³-hybridized carbons (Fsp3) is 0.900. The van der Waals surface area contributed by atoms with Crippen molar-refractivity contribution in [3.05, 3.63) is 0 Å². The van der Waals surface area contributed by atoms with Gasteiger partial charge in [-0.1, -0.05) is 60.8 Å². The van der Waals surface area contributed by atoms with Gasteiger partial charge in [0.15, 0.2) is 5.41 Å². The Kier molecular flexibility index (Phi) is 11.8. The maximum absolute atomic E-state index is 12.8. The molecular formula is C20H38O4. The third-order valence-corrected chi connectivity index (χ3v) is 4.05. The van der Waals surface area contributed by atoms with Crippen molar-refractivity contribution in [3.8, 4) is 0 Å². The topological polar surface area (TPSA) is 52.6 Å². The van der Waals surface area contributed by atoms with Gasteiger partial charge in [-0.15, -0.1) is 0 Å². The summed E-state index contributed by atoms with van der Waals surface area (Å²) in [4.78, 5) is 25.5. The van der Waals surface area contributed by atoms with Crippen LogP contribution in [0.25, 0.3) is 0 Å². The molecule has 0 aliphatic heterocycles. The number of carbonyl (C=O) groups is 2. The lowest BCUT2D eigenvalue weighted by Gasteiger charge is -2.31. The van der Waals surface area contributed by atoms with Crippen LogP contribution in [0, 0.1) is 17.3 Å². The molecule has 0 bridgehead atoms. The largest absolute Gasteiger partial charge is 0.465 e. The summed E-state index contributed by atoms with van der Waals surface area (Å²) in [5.74, 6) is 0.0504. The van der Waals surface area contributed by atoms with Gasteiger partial charge in [0, 0.05) is 0 Å². The van der Waals surface area contributed by atoms with Crippen LogP contribution in [0.5, 0.6) is 0 Å². The quantitative estimate of drug-likeness (QED) is 0.264. The summed E-state index contributed by atoms with van der Waals surface area (Å²) in [5.41, 5.74) is -1.14. The molecule has 0 aromatic heterocycles. The molecule has 0 amide bonds. The Morgan fingerprint density at radius 3 is 1.71 bits per heavy atom. The maximum Gasteiger partial charge on any atom is 0.323 e. The van der Waals surface area contributed by atoms with E-state index in [0.29, 0.717) is 32.0 Å². The van der Waals surface area contributed by atoms with E-state index in [4.69, 9.17) is 9.47 Å². The molecule has 0 spiro atoms. The number of ether oxygens (including phenoxy) is 2. The van der Waals surface area contributed by atoms with Gasteiger partial charge in [0.25, 0.3) is 0 Å². The van der Waals surface area contributed by atoms with Crippen molar-refractivity contribution >= 4 is 11.9 Å². The molecule has 0 saturated carbocycles. The summed E-state index contributed by atoms with van der Waals surface area (Å²) < 4.78 is 10.8. The molecule has 0 saturated heterocycles. The fourth-order valence-electron chi connectivity index (χ4n) is 2.90. The predicted molar refractivity (Wildman–Crippen MR) is 97.7 cm³/mol. The second kappa shape index (κ2) is 12.3. The van der Waals surface area contributed by atoms with Crippen LogP contribution in [0.1, 0.15) is 86.5 Å². The normalized spacial score (nSPS) is 11.8. The molecule has 0 aromatic carbocycles. The van der Waals surface area contributed by atoms with Gasteiger partial charge in [-0.25, -0.2) is 0 Å². The molecule has 0 aliphatic carbocycles. The van der Waals surface area contributed by atoms with Gasteiger partial charge in [-0.05, 0) is 37.5 Å². The highest BCUT2D eigenvalue weighted by Gasteiger charge is 2.48. The molecule has 24 heavy (non-hydrogen) atoms. The van der Waals surface area contributed by atoms with E-state index in [1.54, 1.807) is 0 Å². The average molecular weight is 343 g/mol. The average Bonchev–Trinajstić information content (AvgIpc) is 2.52. The van der Waals surface area contributed by atoms with Crippen LogP contribution in [0.15, 0.2) is 0 Å². The summed E-state index contributed by atoms with van der Waals surface area (Å²) in [6, 6.07) is 0. The molecule has 142 valence electrons. The second-order valence-electron chi connectivity index (χ2n) is 7.59. The zero-order valence-electron chi connectivity index (χ0n) is 16.7. The van der Waals surface area contributed by atoms with E-state index < -0.39 is 17.4 Å². The maximum atomic E-state index is 12.8. The summed E-state index contributed by atoms with van der Waals surface area (Å²) in [6.45, 7) is 13.0. The van der Waals surface area contributed by atoms with Crippen molar-refractivity contribution in [3.63, 3.8) is 0 Å². The molecule has 0 aliphatic rings. The van der Waals surface area contributed by atoms with E-state index in [1.807, 2.05) is 27.7 Å². The van der Waals surface area contributed by atoms with E-state index in [0.717, 1.165) is 32.1 Å². The SMILES string of the molecule is CCCOC(=O)C(CCCCC(C)C)(CC(C)C)C(=O)OCCC. The van der Waals surface area contributed by atoms with E-state index in [9.17, 15) is 9.59 Å². The number of esters is 2. The van der Waals surface area contributed by atoms with E-state index in [-0.39, 0.29) is 5.92 Å². The van der Waals surface area contributed by atoms with Gasteiger partial charge in [0.05, 0.1) is 13.2 Å². The number of carbonyl (C=O) groups excluding carboxylic acids is 2. The molecule has 0 unspecified atom stereocenters. The lowest BCUT2D eigenvalue weighted by molar-refractivity contribution is -0.175. The lowest BCUT2D eigenvalue weighted by Crippen LogP contribution is -2.43. The second-order valence-corrected chi connectivity index (χ2v) is 7.59. The molecule has 0 radical (unpaired) electrons. The van der Waals surface area contributed by atoms with Crippen LogP contribution in [-0.4, -0.2) is 25.2 Å². The van der Waals surface area contributed by atoms with E-state index in [2.05, 4.69) is 13.8 Å². The third kappa shape index (κ3) is 8.16. The molecule has 4 heteroatoms. The van der Waals surface area contributed by atoms with Crippen molar-refractivity contribution in [2.45, 2.75) is 86.5 Å². The van der Waals surface area contributed by atoms with Crippen LogP contribution < -0.4 is 0 Å². The standard InChI is InChI=1S/C20H38O4/c1-7-13-23-18(21)20(15-17(5)6,19(22)24-14-8-2)12-10-9-11-16(3)4/h16-17H,7-15H2,1-6H3. The van der Waals surface area contributed by atoms with Crippen LogP contribution >= 0.6 is 0 Å². The lowest BCUT2D eigenvalue weighted by atomic mass is 9.75. The Morgan fingerprint density at radius 1 is 0.833 bits per heavy atom. The van der Waals surface area contributed by atoms with Gasteiger partial charge in [0.2, 0.25) is 0 Å². The van der Waals surface area contributed by atoms with E-state index in [1.165, 1.54) is 0 Å². The smallest absolute Gasteiger partial charge is 0.323 e. The molecular weight excluding hydrogens is 304 g/mol. The Labute approximate surface area is 148 Å². The van der Waals surface area contributed by atoms with Gasteiger partial charge in [-0.3, -0.25) is 9.59 Å². The fourth-order valence-corrected chi connectivity index (χ4v) is 2.90. The highest BCUT2D eigenvalue weighted by Crippen LogP contribution is 2.36. The molecule has 4 nitrogen and oxygen atoms in total. The van der Waals surface area contributed by atoms with Crippen molar-refractivity contribution in [1.82, 2.24) is 0 Å². The molecule has 0 N–H and O–H groups in total. The molecule has 0 aromatic rings. The Bertz CT molecular complexity index is 341. The first-order chi connectivity index (χ1) is 11.3. The number of rotatable bonds is 13. The molecule has 0 rings (SSSR count). The van der Waals surface area contributed by atoms with Crippen LogP contribution in [0.2, 0.25) is 0 Å². The minimum Gasteiger partial charge on any atom is -0.465 e. The summed E-state index contributed by atoms with van der Waals surface area (Å²) in [6.07, 6.45) is 5.46. The molecule has 0 atom stereocenters. The number of hydrogen-bond acceptors (Lipinski definition) is 4. The van der Waals surface area contributed by atoms with Gasteiger partial charge in [0.1, 0.15) is 0 Å². The van der Waals surface area contributed by atoms with Gasteiger partial charge < -0.3 is 9.47 Å². The first-order valence-corrected chi connectivity index (χ1v) is 9.64. The third-order valence-electron chi connectivity index (χ3n) is 4.05. The van der Waals surface area contributed by atoms with Gasteiger partial charge in [-0.2, -0.15) is 0 Å². The first-order valence-electron chi connectivity index (χ1n) is 9.64. The first kappa shape index (κ1) is 22.9. The molecule has 0 heterocycles. The highest BCUT2D eigenvalue weighted by molar-refractivity contribution is 6.00. The molecule has 0 fully saturated rings. The zero-order valence-corrected chi connectivity index (χ0v) is 16.7. The summed E-state index contributed by atoms with van der Waals surface area (Å²) in [7, 11) is 0. The number of hydrogen-bond donors (Lipinski definition) is 0. The Balaban J connectivity index is 5.25. The minimum absolute atomic E-state index is 0.221. The number of unbranched alkanes of at least 4 members (excludes halogenated alkanes) is 1. The van der Waals surface area contributed by atoms with Crippen molar-refractivity contribution in [1.29, 1.82) is 0 Å².